The molecule has 1 unspecified atom stereocenters. The molecule has 2 aliphatic heterocycles. The zero-order valence-electron chi connectivity index (χ0n) is 10.8. The molecular weight excluding hydrogens is 216 g/mol. The molecule has 0 aromatic carbocycles. The Hall–Kier alpha value is -0.610. The minimum Gasteiger partial charge on any atom is -0.480 e. The van der Waals surface area contributed by atoms with Crippen molar-refractivity contribution in [3.8, 4) is 0 Å². The number of carboxylic acid groups (broad SMARTS) is 1. The van der Waals surface area contributed by atoms with E-state index in [4.69, 9.17) is 0 Å². The first-order valence-electron chi connectivity index (χ1n) is 6.84. The van der Waals surface area contributed by atoms with E-state index in [1.165, 1.54) is 25.9 Å². The Morgan fingerprint density at radius 3 is 2.53 bits per heavy atom. The summed E-state index contributed by atoms with van der Waals surface area (Å²) in [5.41, 5.74) is -0.606. The quantitative estimate of drug-likeness (QED) is 0.789. The van der Waals surface area contributed by atoms with Gasteiger partial charge in [0, 0.05) is 6.54 Å². The molecule has 0 spiro atoms. The monoisotopic (exact) mass is 240 g/mol. The highest BCUT2D eigenvalue weighted by molar-refractivity contribution is 5.78. The van der Waals surface area contributed by atoms with Gasteiger partial charge in [0.25, 0.3) is 0 Å². The minimum absolute atomic E-state index is 0.606. The van der Waals surface area contributed by atoms with Crippen LogP contribution in [0.2, 0.25) is 0 Å². The van der Waals surface area contributed by atoms with Gasteiger partial charge in [-0.3, -0.25) is 9.69 Å². The van der Waals surface area contributed by atoms with Crippen molar-refractivity contribution in [1.29, 1.82) is 0 Å². The smallest absolute Gasteiger partial charge is 0.323 e. The van der Waals surface area contributed by atoms with Crippen molar-refractivity contribution in [2.75, 3.05) is 32.7 Å². The lowest BCUT2D eigenvalue weighted by molar-refractivity contribution is -0.148. The molecule has 2 saturated heterocycles. The number of carboxylic acids is 1. The molecule has 1 N–H and O–H groups in total. The molecule has 0 aromatic rings. The molecule has 2 rings (SSSR count). The maximum Gasteiger partial charge on any atom is 0.323 e. The molecule has 98 valence electrons. The summed E-state index contributed by atoms with van der Waals surface area (Å²) in [4.78, 5) is 16.0. The third-order valence-electron chi connectivity index (χ3n) is 4.35. The van der Waals surface area contributed by atoms with Gasteiger partial charge in [0.2, 0.25) is 0 Å². The number of hydrogen-bond acceptors (Lipinski definition) is 3. The van der Waals surface area contributed by atoms with E-state index < -0.39 is 11.5 Å². The van der Waals surface area contributed by atoms with Gasteiger partial charge in [0.15, 0.2) is 0 Å². The van der Waals surface area contributed by atoms with E-state index in [0.29, 0.717) is 0 Å². The van der Waals surface area contributed by atoms with Crippen LogP contribution < -0.4 is 0 Å². The summed E-state index contributed by atoms with van der Waals surface area (Å²) in [6.45, 7) is 7.35. The van der Waals surface area contributed by atoms with Crippen LogP contribution in [0.3, 0.4) is 0 Å². The number of hydrogen-bond donors (Lipinski definition) is 1. The average molecular weight is 240 g/mol. The molecule has 1 atom stereocenters. The Kier molecular flexibility index (Phi) is 4.05. The number of rotatable bonds is 5. The van der Waals surface area contributed by atoms with E-state index in [1.807, 2.05) is 6.92 Å². The molecule has 0 amide bonds. The second-order valence-electron chi connectivity index (χ2n) is 5.57. The SMILES string of the molecule is CC1(C(=O)O)CCCN1CCCN1CCCC1. The van der Waals surface area contributed by atoms with Gasteiger partial charge in [-0.2, -0.15) is 0 Å². The highest BCUT2D eigenvalue weighted by Gasteiger charge is 2.42. The van der Waals surface area contributed by atoms with Crippen LogP contribution in [0, 0.1) is 0 Å². The number of likely N-dealkylation sites (tertiary alicyclic amines) is 2. The molecule has 4 nitrogen and oxygen atoms in total. The fraction of sp³-hybridized carbons (Fsp3) is 0.923. The molecule has 0 radical (unpaired) electrons. The molecule has 4 heteroatoms. The van der Waals surface area contributed by atoms with E-state index in [2.05, 4.69) is 9.80 Å². The first-order valence-corrected chi connectivity index (χ1v) is 6.84. The highest BCUT2D eigenvalue weighted by atomic mass is 16.4. The molecule has 0 aliphatic carbocycles. The Morgan fingerprint density at radius 1 is 1.18 bits per heavy atom. The lowest BCUT2D eigenvalue weighted by Crippen LogP contribution is -2.48. The second-order valence-corrected chi connectivity index (χ2v) is 5.57. The number of aliphatic carboxylic acids is 1. The standard InChI is InChI=1S/C13H24N2O2/c1-13(12(16)17)6-4-10-15(13)11-5-9-14-7-2-3-8-14/h2-11H2,1H3,(H,16,17). The molecule has 0 saturated carbocycles. The van der Waals surface area contributed by atoms with Gasteiger partial charge in [-0.05, 0) is 65.2 Å². The fourth-order valence-electron chi connectivity index (χ4n) is 3.11. The summed E-state index contributed by atoms with van der Waals surface area (Å²) in [6.07, 6.45) is 5.58. The minimum atomic E-state index is -0.656. The van der Waals surface area contributed by atoms with E-state index in [0.717, 1.165) is 38.9 Å². The van der Waals surface area contributed by atoms with Crippen LogP contribution in [0.1, 0.15) is 39.0 Å². The van der Waals surface area contributed by atoms with Crippen LogP contribution in [-0.4, -0.2) is 59.1 Å². The van der Waals surface area contributed by atoms with E-state index >= 15 is 0 Å². The van der Waals surface area contributed by atoms with Crippen molar-refractivity contribution < 1.29 is 9.90 Å². The zero-order valence-corrected chi connectivity index (χ0v) is 10.8. The van der Waals surface area contributed by atoms with Gasteiger partial charge in [0.1, 0.15) is 5.54 Å². The van der Waals surface area contributed by atoms with Crippen LogP contribution in [0.25, 0.3) is 0 Å². The Bertz CT molecular complexity index is 277. The summed E-state index contributed by atoms with van der Waals surface area (Å²) >= 11 is 0. The van der Waals surface area contributed by atoms with Gasteiger partial charge in [-0.1, -0.05) is 0 Å². The molecular formula is C13H24N2O2. The summed E-state index contributed by atoms with van der Waals surface area (Å²) in [7, 11) is 0. The zero-order chi connectivity index (χ0) is 12.3. The maximum atomic E-state index is 11.3. The Labute approximate surface area is 104 Å². The third kappa shape index (κ3) is 2.80. The van der Waals surface area contributed by atoms with E-state index in [9.17, 15) is 9.90 Å². The van der Waals surface area contributed by atoms with Gasteiger partial charge in [-0.15, -0.1) is 0 Å². The summed E-state index contributed by atoms with van der Waals surface area (Å²) in [5.74, 6) is -0.656. The highest BCUT2D eigenvalue weighted by Crippen LogP contribution is 2.29. The normalized spacial score (nSPS) is 31.1. The van der Waals surface area contributed by atoms with E-state index in [1.54, 1.807) is 0 Å². The van der Waals surface area contributed by atoms with Crippen LogP contribution in [-0.2, 0) is 4.79 Å². The van der Waals surface area contributed by atoms with Crippen molar-refractivity contribution in [2.45, 2.75) is 44.6 Å². The Morgan fingerprint density at radius 2 is 1.88 bits per heavy atom. The average Bonchev–Trinajstić information content (AvgIpc) is 2.90. The van der Waals surface area contributed by atoms with Crippen molar-refractivity contribution in [1.82, 2.24) is 9.80 Å². The van der Waals surface area contributed by atoms with Crippen molar-refractivity contribution in [2.24, 2.45) is 0 Å². The van der Waals surface area contributed by atoms with Crippen molar-refractivity contribution in [3.05, 3.63) is 0 Å². The molecule has 2 fully saturated rings. The number of nitrogens with zero attached hydrogens (tertiary/aromatic N) is 2. The predicted molar refractivity (Wildman–Crippen MR) is 67.1 cm³/mol. The lowest BCUT2D eigenvalue weighted by Gasteiger charge is -2.31. The summed E-state index contributed by atoms with van der Waals surface area (Å²) in [5, 5.41) is 9.30. The topological polar surface area (TPSA) is 43.8 Å². The van der Waals surface area contributed by atoms with Crippen LogP contribution in [0.4, 0.5) is 0 Å². The maximum absolute atomic E-state index is 11.3. The fourth-order valence-corrected chi connectivity index (χ4v) is 3.11. The lowest BCUT2D eigenvalue weighted by atomic mass is 9.99. The van der Waals surface area contributed by atoms with Gasteiger partial charge in [-0.25, -0.2) is 0 Å². The van der Waals surface area contributed by atoms with Crippen LogP contribution >= 0.6 is 0 Å². The van der Waals surface area contributed by atoms with E-state index in [-0.39, 0.29) is 0 Å². The molecule has 2 aliphatic rings. The van der Waals surface area contributed by atoms with Crippen LogP contribution in [0.5, 0.6) is 0 Å². The van der Waals surface area contributed by atoms with Crippen molar-refractivity contribution >= 4 is 5.97 Å². The van der Waals surface area contributed by atoms with Gasteiger partial charge < -0.3 is 10.0 Å². The molecule has 2 heterocycles. The first kappa shape index (κ1) is 12.8. The van der Waals surface area contributed by atoms with Crippen molar-refractivity contribution in [3.63, 3.8) is 0 Å². The number of carbonyl (C=O) groups is 1. The molecule has 0 bridgehead atoms. The van der Waals surface area contributed by atoms with Gasteiger partial charge in [0.05, 0.1) is 0 Å². The first-order chi connectivity index (χ1) is 8.13. The second kappa shape index (κ2) is 5.36. The predicted octanol–water partition coefficient (Wildman–Crippen LogP) is 1.41. The largest absolute Gasteiger partial charge is 0.480 e. The molecule has 17 heavy (non-hydrogen) atoms. The Balaban J connectivity index is 1.76. The molecule has 0 aromatic heterocycles. The third-order valence-corrected chi connectivity index (χ3v) is 4.35. The van der Waals surface area contributed by atoms with Crippen LogP contribution in [0.15, 0.2) is 0 Å². The summed E-state index contributed by atoms with van der Waals surface area (Å²) in [6, 6.07) is 0. The summed E-state index contributed by atoms with van der Waals surface area (Å²) < 4.78 is 0. The van der Waals surface area contributed by atoms with Gasteiger partial charge >= 0.3 is 5.97 Å².